The number of rotatable bonds is 9. The molecule has 2 heterocycles. The number of carbonyl (C=O) groups is 2. The Morgan fingerprint density at radius 3 is 2.17 bits per heavy atom. The molecule has 0 aliphatic carbocycles. The monoisotopic (exact) mass is 515 g/mol. The molecule has 204 valence electrons. The van der Waals surface area contributed by atoms with Crippen LogP contribution in [0, 0.1) is 0 Å². The second kappa shape index (κ2) is 12.1. The predicted molar refractivity (Wildman–Crippen MR) is 108 cm³/mol. The largest absolute Gasteiger partial charge is 0.465 e. The molecule has 35 heavy (non-hydrogen) atoms. The number of hydrogen-bond acceptors (Lipinski definition) is 15. The Hall–Kier alpha value is -1.54. The van der Waals surface area contributed by atoms with E-state index in [1.165, 1.54) is 0 Å². The first kappa shape index (κ1) is 29.7. The van der Waals surface area contributed by atoms with E-state index in [1.807, 2.05) is 0 Å². The molecule has 0 aromatic rings. The van der Waals surface area contributed by atoms with E-state index in [4.69, 9.17) is 18.9 Å². The Balaban J connectivity index is 2.41. The number of aliphatic hydroxyl groups excluding tert-OH is 8. The number of ether oxygens (including phenoxy) is 5. The molecule has 0 unspecified atom stereocenters. The molecule has 0 spiro atoms. The first-order valence-corrected chi connectivity index (χ1v) is 10.6. The van der Waals surface area contributed by atoms with Crippen LogP contribution in [0.4, 0.5) is 0 Å². The number of nitrogens with one attached hydrogen (secondary N) is 1. The highest BCUT2D eigenvalue weighted by molar-refractivity contribution is 5.79. The van der Waals surface area contributed by atoms with Gasteiger partial charge in [0.2, 0.25) is 5.91 Å². The summed E-state index contributed by atoms with van der Waals surface area (Å²) in [5, 5.41) is 83.5. The van der Waals surface area contributed by atoms with Crippen molar-refractivity contribution in [2.24, 2.45) is 0 Å². The standard InChI is InChI=1S/C19H33NO15/c1-6(22)20-9-12(26)16(29)19(18(30)32-3,35-15(9)10(24)7(23)4-21)33-5-8-11(25)13(27)14(28)17(31-2)34-8/h7-17,21,23-29H,4-5H2,1-3H3,(H,20,22)/t7-,8-,9-,10-,11-,12-,13+,14-,15-,16+,17+,19+/m1/s1. The summed E-state index contributed by atoms with van der Waals surface area (Å²) < 4.78 is 25.8. The highest BCUT2D eigenvalue weighted by Gasteiger charge is 2.63. The zero-order valence-corrected chi connectivity index (χ0v) is 19.2. The third-order valence-electron chi connectivity index (χ3n) is 5.87. The zero-order valence-electron chi connectivity index (χ0n) is 19.2. The quantitative estimate of drug-likeness (QED) is 0.129. The fraction of sp³-hybridized carbons (Fsp3) is 0.895. The molecule has 12 atom stereocenters. The van der Waals surface area contributed by atoms with Crippen molar-refractivity contribution in [1.82, 2.24) is 5.32 Å². The SMILES string of the molecule is COC(=O)[C@@]1(OC[C@H]2O[C@H](OC)[C@H](O)[C@@H](O)[C@@H]2O)O[C@@H]([C@H](O)[C@H](O)CO)[C@H](NC(C)=O)[C@@H](O)[C@@H]1O. The zero-order chi connectivity index (χ0) is 26.7. The lowest BCUT2D eigenvalue weighted by molar-refractivity contribution is -0.362. The summed E-state index contributed by atoms with van der Waals surface area (Å²) in [5.74, 6) is -5.06. The molecule has 2 saturated heterocycles. The number of amides is 1. The molecule has 0 saturated carbocycles. The van der Waals surface area contributed by atoms with Crippen molar-refractivity contribution >= 4 is 11.9 Å². The van der Waals surface area contributed by atoms with Gasteiger partial charge in [0.1, 0.15) is 54.9 Å². The van der Waals surface area contributed by atoms with E-state index in [9.17, 15) is 50.4 Å². The lowest BCUT2D eigenvalue weighted by atomic mass is 9.86. The Bertz CT molecular complexity index is 724. The minimum atomic E-state index is -2.91. The molecule has 2 aliphatic heterocycles. The molecule has 0 radical (unpaired) electrons. The summed E-state index contributed by atoms with van der Waals surface area (Å²) in [6.45, 7) is -0.740. The first-order valence-electron chi connectivity index (χ1n) is 10.6. The second-order valence-electron chi connectivity index (χ2n) is 8.21. The maximum absolute atomic E-state index is 12.7. The first-order chi connectivity index (χ1) is 16.4. The van der Waals surface area contributed by atoms with Gasteiger partial charge in [-0.1, -0.05) is 0 Å². The maximum Gasteiger partial charge on any atom is 0.369 e. The summed E-state index contributed by atoms with van der Waals surface area (Å²) in [6.07, 6.45) is -18.0. The van der Waals surface area contributed by atoms with E-state index in [-0.39, 0.29) is 0 Å². The van der Waals surface area contributed by atoms with E-state index < -0.39 is 98.1 Å². The maximum atomic E-state index is 12.7. The van der Waals surface area contributed by atoms with Gasteiger partial charge in [-0.2, -0.15) is 0 Å². The summed E-state index contributed by atoms with van der Waals surface area (Å²) in [5.41, 5.74) is 0. The Morgan fingerprint density at radius 1 is 1.03 bits per heavy atom. The van der Waals surface area contributed by atoms with Crippen molar-refractivity contribution in [3.8, 4) is 0 Å². The molecule has 9 N–H and O–H groups in total. The third-order valence-corrected chi connectivity index (χ3v) is 5.87. The summed E-state index contributed by atoms with van der Waals surface area (Å²) in [6, 6.07) is -1.59. The molecular weight excluding hydrogens is 482 g/mol. The Labute approximate surface area is 199 Å². The van der Waals surface area contributed by atoms with E-state index in [2.05, 4.69) is 10.1 Å². The van der Waals surface area contributed by atoms with Crippen LogP contribution in [0.5, 0.6) is 0 Å². The topological polar surface area (TPSA) is 254 Å². The Kier molecular flexibility index (Phi) is 10.3. The highest BCUT2D eigenvalue weighted by Crippen LogP contribution is 2.35. The van der Waals surface area contributed by atoms with Gasteiger partial charge >= 0.3 is 5.97 Å². The summed E-state index contributed by atoms with van der Waals surface area (Å²) in [4.78, 5) is 24.4. The van der Waals surface area contributed by atoms with Crippen LogP contribution in [-0.4, -0.2) is 153 Å². The van der Waals surface area contributed by atoms with Crippen molar-refractivity contribution in [1.29, 1.82) is 0 Å². The van der Waals surface area contributed by atoms with Gasteiger partial charge in [0, 0.05) is 14.0 Å². The normalized spacial score (nSPS) is 41.6. The number of esters is 1. The van der Waals surface area contributed by atoms with E-state index in [0.717, 1.165) is 21.1 Å². The molecule has 2 fully saturated rings. The van der Waals surface area contributed by atoms with Gasteiger partial charge in [-0.15, -0.1) is 0 Å². The van der Waals surface area contributed by atoms with Crippen LogP contribution in [0.3, 0.4) is 0 Å². The number of hydrogen-bond donors (Lipinski definition) is 9. The van der Waals surface area contributed by atoms with Gasteiger partial charge in [-0.05, 0) is 0 Å². The van der Waals surface area contributed by atoms with Gasteiger partial charge in [0.25, 0.3) is 5.79 Å². The molecule has 16 nitrogen and oxygen atoms in total. The molecule has 0 aromatic heterocycles. The van der Waals surface area contributed by atoms with Crippen LogP contribution in [-0.2, 0) is 33.3 Å². The van der Waals surface area contributed by atoms with Crippen LogP contribution >= 0.6 is 0 Å². The van der Waals surface area contributed by atoms with Crippen molar-refractivity contribution < 1.29 is 74.1 Å². The van der Waals surface area contributed by atoms with Gasteiger partial charge in [-0.3, -0.25) is 4.79 Å². The lowest BCUT2D eigenvalue weighted by Gasteiger charge is -2.50. The number of methoxy groups -OCH3 is 2. The van der Waals surface area contributed by atoms with Gasteiger partial charge in [-0.25, -0.2) is 4.79 Å². The van der Waals surface area contributed by atoms with E-state index >= 15 is 0 Å². The molecule has 2 rings (SSSR count). The van der Waals surface area contributed by atoms with Crippen molar-refractivity contribution in [3.05, 3.63) is 0 Å². The summed E-state index contributed by atoms with van der Waals surface area (Å²) in [7, 11) is 2.04. The van der Waals surface area contributed by atoms with Crippen molar-refractivity contribution in [2.75, 3.05) is 27.4 Å². The van der Waals surface area contributed by atoms with Gasteiger partial charge < -0.3 is 69.9 Å². The fourth-order valence-electron chi connectivity index (χ4n) is 3.92. The predicted octanol–water partition coefficient (Wildman–Crippen LogP) is -6.33. The Morgan fingerprint density at radius 2 is 1.66 bits per heavy atom. The minimum Gasteiger partial charge on any atom is -0.465 e. The van der Waals surface area contributed by atoms with Crippen LogP contribution in [0.15, 0.2) is 0 Å². The molecule has 0 bridgehead atoms. The van der Waals surface area contributed by atoms with Crippen molar-refractivity contribution in [2.45, 2.75) is 80.0 Å². The van der Waals surface area contributed by atoms with E-state index in [1.54, 1.807) is 0 Å². The van der Waals surface area contributed by atoms with Crippen molar-refractivity contribution in [3.63, 3.8) is 0 Å². The van der Waals surface area contributed by atoms with Crippen LogP contribution in [0.1, 0.15) is 6.92 Å². The third kappa shape index (κ3) is 5.90. The average molecular weight is 515 g/mol. The van der Waals surface area contributed by atoms with Crippen LogP contribution < -0.4 is 5.32 Å². The number of aliphatic hydroxyl groups is 8. The molecule has 0 aromatic carbocycles. The molecule has 1 amide bonds. The van der Waals surface area contributed by atoms with Gasteiger partial charge in [0.05, 0.1) is 26.4 Å². The minimum absolute atomic E-state index is 0.732. The molecule has 2 aliphatic rings. The number of carbonyl (C=O) groups excluding carboxylic acids is 2. The summed E-state index contributed by atoms with van der Waals surface area (Å²) >= 11 is 0. The molecule has 16 heteroatoms. The highest BCUT2D eigenvalue weighted by atomic mass is 16.8. The van der Waals surface area contributed by atoms with Gasteiger partial charge in [0.15, 0.2) is 6.29 Å². The fourth-order valence-corrected chi connectivity index (χ4v) is 3.92. The smallest absolute Gasteiger partial charge is 0.369 e. The van der Waals surface area contributed by atoms with Crippen LogP contribution in [0.2, 0.25) is 0 Å². The average Bonchev–Trinajstić information content (AvgIpc) is 2.84. The second-order valence-corrected chi connectivity index (χ2v) is 8.21. The van der Waals surface area contributed by atoms with E-state index in [0.29, 0.717) is 0 Å². The molecular formula is C19H33NO15. The lowest BCUT2D eigenvalue weighted by Crippen LogP contribution is -2.74. The van der Waals surface area contributed by atoms with Crippen LogP contribution in [0.25, 0.3) is 0 Å².